The number of rotatable bonds is 4. The molecule has 0 saturated heterocycles. The molecule has 2 atom stereocenters. The van der Waals surface area contributed by atoms with E-state index < -0.39 is 21.5 Å². The van der Waals surface area contributed by atoms with Crippen LogP contribution in [0.15, 0.2) is 54.1 Å². The van der Waals surface area contributed by atoms with Gasteiger partial charge in [0.1, 0.15) is 0 Å². The Bertz CT molecular complexity index is 974. The van der Waals surface area contributed by atoms with Crippen molar-refractivity contribution in [3.8, 4) is 0 Å². The Morgan fingerprint density at radius 3 is 2.41 bits per heavy atom. The van der Waals surface area contributed by atoms with Crippen molar-refractivity contribution in [1.82, 2.24) is 0 Å². The number of aryl methyl sites for hydroxylation is 1. The first-order chi connectivity index (χ1) is 12.8. The van der Waals surface area contributed by atoms with E-state index >= 15 is 0 Å². The molecule has 0 aromatic heterocycles. The van der Waals surface area contributed by atoms with E-state index in [-0.39, 0.29) is 7.25 Å². The molecule has 0 fully saturated rings. The molecule has 0 nitrogen and oxygen atoms in total. The zero-order valence-corrected chi connectivity index (χ0v) is 21.6. The summed E-state index contributed by atoms with van der Waals surface area (Å²) >= 11 is -4.29. The Morgan fingerprint density at radius 2 is 1.70 bits per heavy atom. The molecule has 2 aliphatic carbocycles. The van der Waals surface area contributed by atoms with Crippen LogP contribution in [-0.4, -0.2) is 5.92 Å². The summed E-state index contributed by atoms with van der Waals surface area (Å²) in [6.45, 7) is 9.25. The van der Waals surface area contributed by atoms with Gasteiger partial charge in [0.25, 0.3) is 0 Å². The fourth-order valence-corrected chi connectivity index (χ4v) is 35.4. The Morgan fingerprint density at radius 1 is 1.00 bits per heavy atom. The molecule has 0 aliphatic heterocycles. The standard InChI is InChI=1S/C12H13.C9H7.C2H7Si.2ClH.Zr/c1-3-10-5-4-6-11-7-9(2)8-12(10)11;1-2-5-9-7-3-6-8(9)4-1;1-3-2;;;/h4-8H,3H2,1-2H3;1-7H;3H,1-2H3;2*1H;/q;;;;;+2/p-2. The molecular weight excluding hydrogens is 466 g/mol. The van der Waals surface area contributed by atoms with Crippen molar-refractivity contribution >= 4 is 35.1 Å². The third-order valence-electron chi connectivity index (χ3n) is 6.80. The molecule has 0 radical (unpaired) electrons. The molecule has 0 saturated carbocycles. The molecule has 2 aromatic rings. The number of hydrogen-bond acceptors (Lipinski definition) is 0. The summed E-state index contributed by atoms with van der Waals surface area (Å²) in [7, 11) is 15.9. The maximum absolute atomic E-state index is 7.93. The Hall–Kier alpha value is -0.400. The maximum atomic E-state index is 7.93. The monoisotopic (exact) mass is 491 g/mol. The summed E-state index contributed by atoms with van der Waals surface area (Å²) in [4.78, 5) is 0. The van der Waals surface area contributed by atoms with Crippen LogP contribution < -0.4 is 0 Å². The van der Waals surface area contributed by atoms with E-state index in [1.165, 1.54) is 33.4 Å². The summed E-state index contributed by atoms with van der Waals surface area (Å²) < 4.78 is 0.436. The third-order valence-corrected chi connectivity index (χ3v) is 59.0. The number of allylic oxidation sites excluding steroid dienone is 2. The first-order valence-electron chi connectivity index (χ1n) is 9.93. The summed E-state index contributed by atoms with van der Waals surface area (Å²) in [6.07, 6.45) is 7.99. The predicted octanol–water partition coefficient (Wildman–Crippen LogP) is 7.46. The molecule has 4 rings (SSSR count). The molecule has 2 aromatic carbocycles. The second-order valence-electron chi connectivity index (χ2n) is 8.44. The van der Waals surface area contributed by atoms with E-state index in [0.29, 0.717) is 0 Å². The zero-order chi connectivity index (χ0) is 19.4. The van der Waals surface area contributed by atoms with Gasteiger partial charge in [-0.05, 0) is 0 Å². The van der Waals surface area contributed by atoms with Crippen LogP contribution in [0.4, 0.5) is 0 Å². The molecular formula is C23H27Cl2SiZr. The molecule has 27 heavy (non-hydrogen) atoms. The molecule has 0 heterocycles. The predicted molar refractivity (Wildman–Crippen MR) is 121 cm³/mol. The van der Waals surface area contributed by atoms with Gasteiger partial charge in [-0.25, -0.2) is 0 Å². The molecule has 141 valence electrons. The third kappa shape index (κ3) is 2.78. The Labute approximate surface area is 172 Å². The van der Waals surface area contributed by atoms with Gasteiger partial charge in [0, 0.05) is 0 Å². The van der Waals surface area contributed by atoms with Crippen LogP contribution >= 0.6 is 17.0 Å². The first-order valence-corrected chi connectivity index (χ1v) is 26.2. The van der Waals surface area contributed by atoms with Crippen molar-refractivity contribution in [3.05, 3.63) is 81.9 Å². The fourth-order valence-electron chi connectivity index (χ4n) is 5.26. The van der Waals surface area contributed by atoms with Gasteiger partial charge in [-0.2, -0.15) is 0 Å². The summed E-state index contributed by atoms with van der Waals surface area (Å²) in [6, 6.07) is 15.4. The van der Waals surface area contributed by atoms with Crippen molar-refractivity contribution < 1.29 is 15.6 Å². The van der Waals surface area contributed by atoms with Crippen LogP contribution in [0, 0.1) is 0 Å². The van der Waals surface area contributed by atoms with Gasteiger partial charge in [0.15, 0.2) is 0 Å². The van der Waals surface area contributed by atoms with E-state index in [0.717, 1.165) is 6.42 Å². The quantitative estimate of drug-likeness (QED) is 0.388. The Balaban J connectivity index is 1.96. The van der Waals surface area contributed by atoms with Crippen LogP contribution in [-0.2, 0) is 22.0 Å². The zero-order valence-electron chi connectivity index (χ0n) is 16.5. The van der Waals surface area contributed by atoms with Gasteiger partial charge in [-0.15, -0.1) is 0 Å². The molecule has 0 bridgehead atoms. The Kier molecular flexibility index (Phi) is 5.04. The van der Waals surface area contributed by atoms with E-state index in [1.54, 1.807) is 0 Å². The number of fused-ring (bicyclic) bond motifs is 2. The van der Waals surface area contributed by atoms with Crippen LogP contribution in [0.25, 0.3) is 12.2 Å². The van der Waals surface area contributed by atoms with Crippen LogP contribution in [0.1, 0.15) is 48.9 Å². The van der Waals surface area contributed by atoms with Crippen molar-refractivity contribution in [2.45, 2.75) is 40.6 Å². The molecule has 0 amide bonds. The minimum absolute atomic E-state index is 0.210. The van der Waals surface area contributed by atoms with Gasteiger partial charge in [-0.3, -0.25) is 0 Å². The van der Waals surface area contributed by atoms with Crippen molar-refractivity contribution in [3.63, 3.8) is 0 Å². The molecule has 2 aliphatic rings. The van der Waals surface area contributed by atoms with Crippen LogP contribution in [0.2, 0.25) is 13.1 Å². The summed E-state index contributed by atoms with van der Waals surface area (Å²) in [5.41, 5.74) is 8.20. The normalized spacial score (nSPS) is 22.3. The van der Waals surface area contributed by atoms with Gasteiger partial charge in [-0.1, -0.05) is 0 Å². The first kappa shape index (κ1) is 19.9. The van der Waals surface area contributed by atoms with E-state index in [9.17, 15) is 0 Å². The molecule has 2 unspecified atom stereocenters. The SMILES string of the molecule is CCc1cccc2c1C=C(C)[CH]2[Zr]([Cl])([Cl])([CH]1C=Cc2ccccc21)[SiH](C)C. The van der Waals surface area contributed by atoms with E-state index in [4.69, 9.17) is 17.0 Å². The van der Waals surface area contributed by atoms with Gasteiger partial charge < -0.3 is 0 Å². The summed E-state index contributed by atoms with van der Waals surface area (Å²) in [5, 5.41) is 0. The second-order valence-corrected chi connectivity index (χ2v) is 51.1. The average Bonchev–Trinajstić information content (AvgIpc) is 3.22. The molecule has 4 heteroatoms. The van der Waals surface area contributed by atoms with Gasteiger partial charge in [0.05, 0.1) is 0 Å². The minimum atomic E-state index is -4.29. The van der Waals surface area contributed by atoms with Crippen LogP contribution in [0.3, 0.4) is 0 Å². The van der Waals surface area contributed by atoms with Crippen molar-refractivity contribution in [1.29, 1.82) is 0 Å². The topological polar surface area (TPSA) is 0 Å². The molecule has 0 N–H and O–H groups in total. The van der Waals surface area contributed by atoms with E-state index in [2.05, 4.69) is 87.6 Å². The average molecular weight is 494 g/mol. The van der Waals surface area contributed by atoms with Crippen LogP contribution in [0.5, 0.6) is 0 Å². The van der Waals surface area contributed by atoms with Gasteiger partial charge in [0.2, 0.25) is 0 Å². The number of hydrogen-bond donors (Lipinski definition) is 0. The fraction of sp³-hybridized carbons (Fsp3) is 0.304. The van der Waals surface area contributed by atoms with E-state index in [1.807, 2.05) is 0 Å². The van der Waals surface area contributed by atoms with Gasteiger partial charge >= 0.3 is 173 Å². The molecule has 0 spiro atoms. The van der Waals surface area contributed by atoms with Crippen molar-refractivity contribution in [2.75, 3.05) is 0 Å². The van der Waals surface area contributed by atoms with Crippen molar-refractivity contribution in [2.24, 2.45) is 0 Å². The number of benzene rings is 2. The summed E-state index contributed by atoms with van der Waals surface area (Å²) in [5.74, 6) is -1.35. The second kappa shape index (κ2) is 6.84. The number of halogens is 2.